The van der Waals surface area contributed by atoms with Crippen LogP contribution in [0.5, 0.6) is 0 Å². The van der Waals surface area contributed by atoms with Crippen molar-refractivity contribution in [2.45, 2.75) is 0 Å². The van der Waals surface area contributed by atoms with Crippen LogP contribution in [0, 0.1) is 0 Å². The Labute approximate surface area is 532 Å². The number of amides is 4. The van der Waals surface area contributed by atoms with Crippen LogP contribution in [-0.4, -0.2) is 54.7 Å². The second-order valence-electron chi connectivity index (χ2n) is 26.6. The van der Waals surface area contributed by atoms with Gasteiger partial charge in [-0.15, -0.1) is 0 Å². The minimum Gasteiger partial charge on any atom is -0.288 e. The number of benzene rings is 17. The number of carbonyl (C=O) groups excluding carboxylic acids is 4. The van der Waals surface area contributed by atoms with Gasteiger partial charge < -0.3 is 0 Å². The maximum absolute atomic E-state index is 15.3. The monoisotopic (exact) mass is 1260 g/mol. The van der Waals surface area contributed by atoms with Crippen molar-refractivity contribution in [2.75, 3.05) is 7.05 Å². The third-order valence-electron chi connectivity index (χ3n) is 22.5. The summed E-state index contributed by atoms with van der Waals surface area (Å²) in [7, 11) is 4.27. The standard InChI is InChI=1S/C79H32N6O12/c1-83-74(92)35-15-8-27-26-6-12-32-51-33(69(87)80-68(32)86)14-10-30(50(26)51)48-25(19-45(77(83)95)53(35)59(27)48)5-4-24-18-42-58-44(73(91)82-71(42)89)21-39-56-38-20-43-52-34(70(88)81-72(43)90)13-7-28-29-9-16-36-54-46(78(96)84(2)75(36)93)22-40(64(61(29)54)63(38)60(28)52)57(56)41-23-47-55-37(76(94)85(3)79(47)97)17-11-31-49(24)67(58)66(39)65(41)62(31)55/h4-23H,1-3H3,(H,80,86,87)(H,81,88,90)(H,82,89,91)/b5-4+. The van der Waals surface area contributed by atoms with Crippen molar-refractivity contribution in [2.24, 2.45) is 14.1 Å². The van der Waals surface area contributed by atoms with Gasteiger partial charge in [0.25, 0.3) is 68.1 Å². The van der Waals surface area contributed by atoms with Gasteiger partial charge in [-0.05, 0) is 208 Å². The molecule has 4 amide bonds. The first kappa shape index (κ1) is 51.1. The van der Waals surface area contributed by atoms with Crippen LogP contribution in [0.3, 0.4) is 0 Å². The molecule has 0 bridgehead atoms. The SMILES string of the molecule is CN1C(=O)c2ccc3c4ccc5c6c(ccc(c7c(/C=C/c8cc9c(=O)[nH]c(=O)c%10cc%11c%12c%13cc%14c(=O)[nH]c(=O)c%15ccc%16c%17ccc%18c(=O)n(C)c(=O)c%19cc(c%12c%12cc%20c(=O)n(C)c(=O)c%21ccc%22c8c(c9%10)c%11c%12c%22c%21%20)c(c%17c%18%19)c%13c%16c%15%14)cc(c2c37)C1=O)c64)C(=O)NC5=O. The number of pyridine rings is 4. The molecule has 0 fully saturated rings. The maximum Gasteiger partial charge on any atom is 0.261 e. The van der Waals surface area contributed by atoms with Crippen molar-refractivity contribution in [3.05, 3.63) is 225 Å². The summed E-state index contributed by atoms with van der Waals surface area (Å²) in [5.74, 6) is -2.18. The first-order valence-electron chi connectivity index (χ1n) is 31.2. The smallest absolute Gasteiger partial charge is 0.261 e. The second kappa shape index (κ2) is 15.8. The summed E-state index contributed by atoms with van der Waals surface area (Å²) in [5.41, 5.74) is -2.84. The van der Waals surface area contributed by atoms with Crippen molar-refractivity contribution in [1.82, 2.24) is 29.3 Å². The summed E-state index contributed by atoms with van der Waals surface area (Å²) < 4.78 is 2.15. The van der Waals surface area contributed by atoms with E-state index in [0.717, 1.165) is 14.0 Å². The van der Waals surface area contributed by atoms with Gasteiger partial charge in [0.05, 0.1) is 0 Å². The predicted octanol–water partition coefficient (Wildman–Crippen LogP) is 11.0. The van der Waals surface area contributed by atoms with Crippen molar-refractivity contribution in [3.63, 3.8) is 0 Å². The lowest BCUT2D eigenvalue weighted by Crippen LogP contribution is -2.37. The summed E-state index contributed by atoms with van der Waals surface area (Å²) >= 11 is 0. The molecular formula is C79H32N6O12. The molecule has 0 saturated carbocycles. The third-order valence-corrected chi connectivity index (χ3v) is 22.5. The number of hydrogen-bond acceptors (Lipinski definition) is 12. The zero-order valence-corrected chi connectivity index (χ0v) is 50.3. The van der Waals surface area contributed by atoms with Crippen LogP contribution in [0.15, 0.2) is 148 Å². The lowest BCUT2D eigenvalue weighted by Gasteiger charge is -2.27. The van der Waals surface area contributed by atoms with Gasteiger partial charge >= 0.3 is 0 Å². The van der Waals surface area contributed by atoms with Gasteiger partial charge in [0, 0.05) is 124 Å². The van der Waals surface area contributed by atoms with Crippen molar-refractivity contribution in [1.29, 1.82) is 0 Å². The van der Waals surface area contributed by atoms with Crippen molar-refractivity contribution >= 4 is 240 Å². The van der Waals surface area contributed by atoms with E-state index in [1.807, 2.05) is 42.5 Å². The van der Waals surface area contributed by atoms with Gasteiger partial charge in [0.15, 0.2) is 0 Å². The molecule has 18 nitrogen and oxygen atoms in total. The fraction of sp³-hybridized carbons (Fsp3) is 0.0380. The molecule has 6 heterocycles. The van der Waals surface area contributed by atoms with Gasteiger partial charge in [0.1, 0.15) is 0 Å². The molecule has 21 aromatic rings. The van der Waals surface area contributed by atoms with Crippen LogP contribution in [-0.2, 0) is 14.1 Å². The van der Waals surface area contributed by atoms with Crippen LogP contribution < -0.4 is 49.8 Å². The molecule has 2 aliphatic rings. The molecule has 17 aromatic carbocycles. The number of fused-ring (bicyclic) bond motifs is 9. The average Bonchev–Trinajstić information content (AvgIpc) is 0.654. The van der Waals surface area contributed by atoms with E-state index in [9.17, 15) is 47.9 Å². The zero-order valence-electron chi connectivity index (χ0n) is 50.3. The van der Waals surface area contributed by atoms with E-state index in [1.54, 1.807) is 78.9 Å². The van der Waals surface area contributed by atoms with E-state index in [2.05, 4.69) is 15.3 Å². The first-order chi connectivity index (χ1) is 46.9. The molecule has 0 radical (unpaired) electrons. The van der Waals surface area contributed by atoms with E-state index in [4.69, 9.17) is 0 Å². The Kier molecular flexibility index (Phi) is 8.30. The highest BCUT2D eigenvalue weighted by Gasteiger charge is 2.37. The molecule has 0 saturated heterocycles. The quantitative estimate of drug-likeness (QED) is 0.0632. The Balaban J connectivity index is 0.970. The molecule has 450 valence electrons. The minimum atomic E-state index is -0.702. The minimum absolute atomic E-state index is 0.129. The molecule has 0 atom stereocenters. The Morgan fingerprint density at radius 3 is 1.11 bits per heavy atom. The lowest BCUT2D eigenvalue weighted by atomic mass is 9.76. The molecule has 4 aromatic heterocycles. The number of nitrogens with zero attached hydrogens (tertiary/aromatic N) is 3. The second-order valence-corrected chi connectivity index (χ2v) is 26.6. The first-order valence-corrected chi connectivity index (χ1v) is 31.2. The van der Waals surface area contributed by atoms with E-state index in [1.165, 1.54) is 21.1 Å². The van der Waals surface area contributed by atoms with E-state index >= 15 is 9.59 Å². The zero-order chi connectivity index (χ0) is 65.3. The van der Waals surface area contributed by atoms with Gasteiger partial charge in [-0.2, -0.15) is 0 Å². The Hall–Kier alpha value is -13.5. The highest BCUT2D eigenvalue weighted by Crippen LogP contribution is 2.58. The van der Waals surface area contributed by atoms with Gasteiger partial charge in [-0.25, -0.2) is 0 Å². The normalized spacial score (nSPS) is 14.4. The van der Waals surface area contributed by atoms with E-state index in [-0.39, 0.29) is 54.4 Å². The van der Waals surface area contributed by atoms with Crippen LogP contribution in [0.4, 0.5) is 0 Å². The van der Waals surface area contributed by atoms with E-state index < -0.39 is 68.1 Å². The number of imide groups is 2. The van der Waals surface area contributed by atoms with Crippen molar-refractivity contribution in [3.8, 4) is 0 Å². The number of aromatic amines is 2. The maximum atomic E-state index is 15.3. The highest BCUT2D eigenvalue weighted by molar-refractivity contribution is 6.57. The summed E-state index contributed by atoms with van der Waals surface area (Å²) in [6.45, 7) is 0. The molecule has 0 spiro atoms. The number of aromatic nitrogens is 4. The Bertz CT molecular complexity index is 8270. The number of nitrogens with one attached hydrogen (secondary N) is 3. The van der Waals surface area contributed by atoms with Gasteiger partial charge in [0.2, 0.25) is 0 Å². The summed E-state index contributed by atoms with van der Waals surface area (Å²) in [6.07, 6.45) is 3.63. The number of H-pyrrole nitrogens is 2. The molecule has 0 unspecified atom stereocenters. The fourth-order valence-corrected chi connectivity index (χ4v) is 18.6. The number of carbonyl (C=O) groups is 4. The number of hydrogen-bond donors (Lipinski definition) is 3. The molecular weight excluding hydrogens is 1220 g/mol. The lowest BCUT2D eigenvalue weighted by molar-refractivity contribution is 0.0649. The predicted molar refractivity (Wildman–Crippen MR) is 380 cm³/mol. The summed E-state index contributed by atoms with van der Waals surface area (Å²) in [6, 6.07) is 31.4. The summed E-state index contributed by atoms with van der Waals surface area (Å²) in [4.78, 5) is 180. The van der Waals surface area contributed by atoms with Crippen LogP contribution >= 0.6 is 0 Å². The average molecular weight is 1260 g/mol. The largest absolute Gasteiger partial charge is 0.288 e. The molecule has 23 rings (SSSR count). The topological polar surface area (TPSA) is 262 Å². The molecule has 97 heavy (non-hydrogen) atoms. The third kappa shape index (κ3) is 5.31. The molecule has 18 heteroatoms. The van der Waals surface area contributed by atoms with Gasteiger partial charge in [-0.1, -0.05) is 48.6 Å². The number of rotatable bonds is 2. The van der Waals surface area contributed by atoms with Gasteiger partial charge in [-0.3, -0.25) is 86.9 Å². The van der Waals surface area contributed by atoms with E-state index in [0.29, 0.717) is 184 Å². The molecule has 0 aliphatic carbocycles. The fourth-order valence-electron chi connectivity index (χ4n) is 18.6. The Morgan fingerprint density at radius 1 is 0.247 bits per heavy atom. The van der Waals surface area contributed by atoms with Crippen LogP contribution in [0.25, 0.3) is 217 Å². The van der Waals surface area contributed by atoms with Crippen LogP contribution in [0.2, 0.25) is 0 Å². The van der Waals surface area contributed by atoms with Crippen LogP contribution in [0.1, 0.15) is 52.6 Å². The highest BCUT2D eigenvalue weighted by atomic mass is 16.2. The summed E-state index contributed by atoms with van der Waals surface area (Å²) in [5, 5.41) is 20.0. The molecule has 3 N–H and O–H groups in total. The molecule has 2 aliphatic heterocycles. The Morgan fingerprint density at radius 2 is 0.557 bits per heavy atom. The van der Waals surface area contributed by atoms with Crippen molar-refractivity contribution < 1.29 is 19.2 Å².